The number of ketones is 1. The van der Waals surface area contributed by atoms with Gasteiger partial charge in [0.15, 0.2) is 0 Å². The summed E-state index contributed by atoms with van der Waals surface area (Å²) >= 11 is 5.93. The van der Waals surface area contributed by atoms with Gasteiger partial charge < -0.3 is 9.64 Å². The highest BCUT2D eigenvalue weighted by Crippen LogP contribution is 2.34. The van der Waals surface area contributed by atoms with Crippen LogP contribution in [0.4, 0.5) is 5.69 Å². The number of Topliss-reactive ketones (excluding diaryl/α,β-unsaturated/α-hetero) is 1. The molecule has 0 aliphatic carbocycles. The predicted octanol–water partition coefficient (Wildman–Crippen LogP) is 2.21. The van der Waals surface area contributed by atoms with Gasteiger partial charge >= 0.3 is 0 Å². The summed E-state index contributed by atoms with van der Waals surface area (Å²) in [6, 6.07) is 3.32. The van der Waals surface area contributed by atoms with E-state index >= 15 is 0 Å². The highest BCUT2D eigenvalue weighted by atomic mass is 35.5. The van der Waals surface area contributed by atoms with Crippen LogP contribution in [0.2, 0.25) is 5.02 Å². The quantitative estimate of drug-likeness (QED) is 0.778. The maximum Gasteiger partial charge on any atom is 0.293 e. The Labute approximate surface area is 105 Å². The maximum atomic E-state index is 11.6. The van der Waals surface area contributed by atoms with Crippen molar-refractivity contribution in [3.05, 3.63) is 22.7 Å². The van der Waals surface area contributed by atoms with Gasteiger partial charge in [-0.3, -0.25) is 9.59 Å². The van der Waals surface area contributed by atoms with Gasteiger partial charge in [-0.05, 0) is 24.6 Å². The fourth-order valence-corrected chi connectivity index (χ4v) is 1.84. The van der Waals surface area contributed by atoms with Gasteiger partial charge in [-0.15, -0.1) is 0 Å². The number of anilines is 1. The van der Waals surface area contributed by atoms with E-state index in [9.17, 15) is 9.59 Å². The predicted molar refractivity (Wildman–Crippen MR) is 66.8 cm³/mol. The van der Waals surface area contributed by atoms with Crippen LogP contribution >= 0.6 is 11.6 Å². The number of hydrogen-bond donors (Lipinski definition) is 0. The number of ether oxygens (including phenoxy) is 1. The summed E-state index contributed by atoms with van der Waals surface area (Å²) in [6.07, 6.45) is 0. The summed E-state index contributed by atoms with van der Waals surface area (Å²) < 4.78 is 5.22. The van der Waals surface area contributed by atoms with Gasteiger partial charge in [-0.25, -0.2) is 0 Å². The number of likely N-dealkylation sites (N-methyl/N-ethyl adjacent to an activating group) is 1. The molecular formula is C12H14ClNO3. The standard InChI is InChI=1S/C12H14ClNO3/c1-7-5-9(13)6-10(11(7)17-4)14(3)12(16)8(2)15/h5-6H,1-4H3. The van der Waals surface area contributed by atoms with Crippen molar-refractivity contribution < 1.29 is 14.3 Å². The van der Waals surface area contributed by atoms with Crippen LogP contribution in [-0.2, 0) is 9.59 Å². The van der Waals surface area contributed by atoms with Gasteiger partial charge in [0.25, 0.3) is 5.91 Å². The number of amides is 1. The van der Waals surface area contributed by atoms with E-state index in [-0.39, 0.29) is 0 Å². The van der Waals surface area contributed by atoms with E-state index in [0.717, 1.165) is 5.56 Å². The van der Waals surface area contributed by atoms with Crippen molar-refractivity contribution in [1.82, 2.24) is 0 Å². The first kappa shape index (κ1) is 13.5. The number of halogens is 1. The van der Waals surface area contributed by atoms with Crippen LogP contribution in [-0.4, -0.2) is 25.8 Å². The lowest BCUT2D eigenvalue weighted by atomic mass is 10.1. The van der Waals surface area contributed by atoms with Crippen LogP contribution in [0.1, 0.15) is 12.5 Å². The zero-order valence-electron chi connectivity index (χ0n) is 10.2. The summed E-state index contributed by atoms with van der Waals surface area (Å²) in [5.41, 5.74) is 1.29. The SMILES string of the molecule is COc1c(C)cc(Cl)cc1N(C)C(=O)C(C)=O. The Bertz CT molecular complexity index is 471. The molecule has 17 heavy (non-hydrogen) atoms. The molecule has 0 unspecified atom stereocenters. The maximum absolute atomic E-state index is 11.6. The molecule has 0 heterocycles. The molecule has 0 aliphatic rings. The topological polar surface area (TPSA) is 46.6 Å². The molecule has 0 spiro atoms. The van der Waals surface area contributed by atoms with Crippen LogP contribution in [0, 0.1) is 6.92 Å². The number of hydrogen-bond acceptors (Lipinski definition) is 3. The number of nitrogens with zero attached hydrogens (tertiary/aromatic N) is 1. The van der Waals surface area contributed by atoms with Crippen molar-refractivity contribution in [2.24, 2.45) is 0 Å². The van der Waals surface area contributed by atoms with Crippen LogP contribution in [0.5, 0.6) is 5.75 Å². The highest BCUT2D eigenvalue weighted by Gasteiger charge is 2.20. The van der Waals surface area contributed by atoms with Gasteiger partial charge in [-0.2, -0.15) is 0 Å². The minimum absolute atomic E-state index is 0.484. The van der Waals surface area contributed by atoms with Crippen LogP contribution < -0.4 is 9.64 Å². The average molecular weight is 256 g/mol. The molecule has 1 aromatic carbocycles. The van der Waals surface area contributed by atoms with E-state index < -0.39 is 11.7 Å². The lowest BCUT2D eigenvalue weighted by Gasteiger charge is -2.20. The van der Waals surface area contributed by atoms with Crippen molar-refractivity contribution in [3.63, 3.8) is 0 Å². The molecule has 0 aliphatic heterocycles. The monoisotopic (exact) mass is 255 g/mol. The Balaban J connectivity index is 3.29. The normalized spacial score (nSPS) is 9.94. The summed E-state index contributed by atoms with van der Waals surface area (Å²) in [4.78, 5) is 23.9. The number of carbonyl (C=O) groups is 2. The summed E-state index contributed by atoms with van der Waals surface area (Å²) in [6.45, 7) is 3.04. The number of rotatable bonds is 3. The molecule has 0 saturated carbocycles. The number of benzene rings is 1. The molecule has 4 nitrogen and oxygen atoms in total. The van der Waals surface area contributed by atoms with Crippen molar-refractivity contribution in [2.75, 3.05) is 19.1 Å². The zero-order chi connectivity index (χ0) is 13.2. The third kappa shape index (κ3) is 2.77. The Hall–Kier alpha value is -1.55. The third-order valence-electron chi connectivity index (χ3n) is 2.39. The Morgan fingerprint density at radius 2 is 1.94 bits per heavy atom. The van der Waals surface area contributed by atoms with Crippen molar-refractivity contribution in [2.45, 2.75) is 13.8 Å². The Kier molecular flexibility index (Phi) is 4.12. The summed E-state index contributed by atoms with van der Waals surface area (Å²) in [5, 5.41) is 0.488. The average Bonchev–Trinajstić information content (AvgIpc) is 2.25. The lowest BCUT2D eigenvalue weighted by Crippen LogP contribution is -2.32. The van der Waals surface area contributed by atoms with Crippen LogP contribution in [0.3, 0.4) is 0 Å². The van der Waals surface area contributed by atoms with E-state index in [1.807, 2.05) is 6.92 Å². The fraction of sp³-hybridized carbons (Fsp3) is 0.333. The van der Waals surface area contributed by atoms with Gasteiger partial charge in [0.05, 0.1) is 12.8 Å². The highest BCUT2D eigenvalue weighted by molar-refractivity contribution is 6.40. The number of methoxy groups -OCH3 is 1. The smallest absolute Gasteiger partial charge is 0.293 e. The van der Waals surface area contributed by atoms with Gasteiger partial charge in [0.2, 0.25) is 5.78 Å². The van der Waals surface area contributed by atoms with Gasteiger partial charge in [0, 0.05) is 19.0 Å². The van der Waals surface area contributed by atoms with E-state index in [2.05, 4.69) is 0 Å². The van der Waals surface area contributed by atoms with Gasteiger partial charge in [-0.1, -0.05) is 11.6 Å². The zero-order valence-corrected chi connectivity index (χ0v) is 11.0. The van der Waals surface area contributed by atoms with E-state index in [1.54, 1.807) is 12.1 Å². The molecule has 0 fully saturated rings. The molecular weight excluding hydrogens is 242 g/mol. The van der Waals surface area contributed by atoms with E-state index in [0.29, 0.717) is 16.5 Å². The molecule has 1 aromatic rings. The molecule has 0 saturated heterocycles. The molecule has 5 heteroatoms. The van der Waals surface area contributed by atoms with Crippen LogP contribution in [0.25, 0.3) is 0 Å². The first-order valence-corrected chi connectivity index (χ1v) is 5.39. The summed E-state index contributed by atoms with van der Waals surface area (Å²) in [5.74, 6) is -0.608. The van der Waals surface area contributed by atoms with Gasteiger partial charge in [0.1, 0.15) is 5.75 Å². The molecule has 0 aromatic heterocycles. The first-order chi connectivity index (χ1) is 7.88. The first-order valence-electron chi connectivity index (χ1n) is 5.01. The molecule has 0 bridgehead atoms. The second-order valence-corrected chi connectivity index (χ2v) is 4.13. The second-order valence-electron chi connectivity index (χ2n) is 3.70. The molecule has 92 valence electrons. The minimum Gasteiger partial charge on any atom is -0.494 e. The van der Waals surface area contributed by atoms with Crippen molar-refractivity contribution in [3.8, 4) is 5.75 Å². The Morgan fingerprint density at radius 1 is 1.35 bits per heavy atom. The molecule has 1 rings (SSSR count). The fourth-order valence-electron chi connectivity index (χ4n) is 1.57. The third-order valence-corrected chi connectivity index (χ3v) is 2.61. The molecule has 0 N–H and O–H groups in total. The van der Waals surface area contributed by atoms with Crippen molar-refractivity contribution in [1.29, 1.82) is 0 Å². The summed E-state index contributed by atoms with van der Waals surface area (Å²) in [7, 11) is 3.02. The van der Waals surface area contributed by atoms with Crippen LogP contribution in [0.15, 0.2) is 12.1 Å². The second kappa shape index (κ2) is 5.19. The van der Waals surface area contributed by atoms with E-state index in [1.165, 1.54) is 26.0 Å². The minimum atomic E-state index is -0.607. The number of aryl methyl sites for hydroxylation is 1. The van der Waals surface area contributed by atoms with Crippen molar-refractivity contribution >= 4 is 29.0 Å². The molecule has 1 amide bonds. The van der Waals surface area contributed by atoms with E-state index in [4.69, 9.17) is 16.3 Å². The number of carbonyl (C=O) groups excluding carboxylic acids is 2. The Morgan fingerprint density at radius 3 is 2.41 bits per heavy atom. The molecule has 0 atom stereocenters. The largest absolute Gasteiger partial charge is 0.494 e. The lowest BCUT2D eigenvalue weighted by molar-refractivity contribution is -0.134. The molecule has 0 radical (unpaired) electrons.